The Bertz CT molecular complexity index is 1590. The summed E-state index contributed by atoms with van der Waals surface area (Å²) < 4.78 is 15.7. The zero-order valence-electron chi connectivity index (χ0n) is 23.6. The van der Waals surface area contributed by atoms with E-state index in [2.05, 4.69) is 10.6 Å². The van der Waals surface area contributed by atoms with Crippen molar-refractivity contribution in [1.29, 1.82) is 0 Å². The number of carbonyl (C=O) groups is 4. The summed E-state index contributed by atoms with van der Waals surface area (Å²) in [4.78, 5) is 48.2. The van der Waals surface area contributed by atoms with Crippen LogP contribution in [0.4, 0.5) is 11.4 Å². The minimum Gasteiger partial charge on any atom is -0.457 e. The summed E-state index contributed by atoms with van der Waals surface area (Å²) in [6, 6.07) is 27.1. The Kier molecular flexibility index (Phi) is 11.9. The third-order valence-corrected chi connectivity index (χ3v) is 6.50. The van der Waals surface area contributed by atoms with Gasteiger partial charge in [0, 0.05) is 33.6 Å². The molecular weight excluding hydrogens is 619 g/mol. The number of esters is 2. The van der Waals surface area contributed by atoms with E-state index in [1.165, 1.54) is 24.3 Å². The zero-order valence-corrected chi connectivity index (χ0v) is 25.1. The Labute approximate surface area is 269 Å². The normalized spacial score (nSPS) is 10.8. The fourth-order valence-electron chi connectivity index (χ4n) is 3.65. The molecule has 4 rings (SSSR count). The van der Waals surface area contributed by atoms with Crippen molar-refractivity contribution < 1.29 is 33.4 Å². The van der Waals surface area contributed by atoms with Crippen molar-refractivity contribution in [1.82, 2.24) is 0 Å². The molecule has 2 N–H and O–H groups in total. The van der Waals surface area contributed by atoms with Crippen LogP contribution in [0.3, 0.4) is 0 Å². The number of carbonyl (C=O) groups excluding carboxylic acids is 4. The molecule has 0 radical (unpaired) electrons. The molecule has 0 aliphatic carbocycles. The van der Waals surface area contributed by atoms with E-state index in [0.29, 0.717) is 44.0 Å². The number of rotatable bonds is 12. The molecule has 4 aromatic rings. The maximum Gasteiger partial charge on any atom is 0.331 e. The molecule has 0 fully saturated rings. The second-order valence-corrected chi connectivity index (χ2v) is 9.99. The van der Waals surface area contributed by atoms with Gasteiger partial charge in [0.05, 0.1) is 0 Å². The average molecular weight is 645 g/mol. The molecule has 228 valence electrons. The van der Waals surface area contributed by atoms with Crippen molar-refractivity contribution in [2.24, 2.45) is 0 Å². The molecule has 0 heterocycles. The molecule has 0 unspecified atom stereocenters. The van der Waals surface area contributed by atoms with E-state index in [9.17, 15) is 19.2 Å². The number of nitrogens with one attached hydrogen (secondary N) is 2. The summed E-state index contributed by atoms with van der Waals surface area (Å²) in [6.07, 6.45) is 5.41. The van der Waals surface area contributed by atoms with Crippen LogP contribution in [-0.2, 0) is 28.7 Å². The molecule has 11 heteroatoms. The average Bonchev–Trinajstić information content (AvgIpc) is 3.04. The lowest BCUT2D eigenvalue weighted by Crippen LogP contribution is -2.20. The minimum atomic E-state index is -0.680. The third-order valence-electron chi connectivity index (χ3n) is 5.81. The highest BCUT2D eigenvalue weighted by atomic mass is 35.5. The number of ether oxygens (including phenoxy) is 3. The topological polar surface area (TPSA) is 120 Å². The molecule has 9 nitrogen and oxygen atoms in total. The molecule has 0 saturated heterocycles. The van der Waals surface area contributed by atoms with Crippen LogP contribution in [0.15, 0.2) is 109 Å². The molecule has 4 aromatic carbocycles. The van der Waals surface area contributed by atoms with Crippen LogP contribution in [0.1, 0.15) is 11.1 Å². The first-order valence-electron chi connectivity index (χ1n) is 13.4. The summed E-state index contributed by atoms with van der Waals surface area (Å²) >= 11 is 12.1. The van der Waals surface area contributed by atoms with Crippen molar-refractivity contribution in [3.63, 3.8) is 0 Å². The van der Waals surface area contributed by atoms with Crippen molar-refractivity contribution in [3.8, 4) is 11.5 Å². The predicted octanol–water partition coefficient (Wildman–Crippen LogP) is 7.18. The van der Waals surface area contributed by atoms with E-state index in [1.54, 1.807) is 97.1 Å². The largest absolute Gasteiger partial charge is 0.457 e. The second kappa shape index (κ2) is 16.5. The lowest BCUT2D eigenvalue weighted by molar-refractivity contribution is -0.142. The summed E-state index contributed by atoms with van der Waals surface area (Å²) in [5.74, 6) is -1.38. The van der Waals surface area contributed by atoms with E-state index >= 15 is 0 Å². The van der Waals surface area contributed by atoms with Gasteiger partial charge in [0.15, 0.2) is 13.2 Å². The number of amides is 2. The van der Waals surface area contributed by atoms with Crippen molar-refractivity contribution in [2.45, 2.75) is 0 Å². The summed E-state index contributed by atoms with van der Waals surface area (Å²) in [5.41, 5.74) is 2.27. The van der Waals surface area contributed by atoms with Crippen LogP contribution in [0.5, 0.6) is 11.5 Å². The first kappa shape index (κ1) is 32.5. The molecule has 0 aliphatic heterocycles. The van der Waals surface area contributed by atoms with Gasteiger partial charge in [-0.25, -0.2) is 9.59 Å². The number of anilines is 2. The SMILES string of the molecule is O=C(COC(=O)C=Cc1ccccc1Cl)Nc1ccc(Oc2ccc(NC(=O)COC(=O)C=Cc3ccccc3Cl)cc2)cc1. The van der Waals surface area contributed by atoms with Gasteiger partial charge in [-0.05, 0) is 83.9 Å². The maximum atomic E-state index is 12.2. The number of benzene rings is 4. The van der Waals surface area contributed by atoms with Gasteiger partial charge in [0.1, 0.15) is 11.5 Å². The fraction of sp³-hybridized carbons (Fsp3) is 0.0588. The monoisotopic (exact) mass is 644 g/mol. The highest BCUT2D eigenvalue weighted by Gasteiger charge is 2.09. The molecule has 45 heavy (non-hydrogen) atoms. The quantitative estimate of drug-likeness (QED) is 0.124. The van der Waals surface area contributed by atoms with Crippen molar-refractivity contribution >= 4 is 70.5 Å². The van der Waals surface area contributed by atoms with Crippen LogP contribution >= 0.6 is 23.2 Å². The second-order valence-electron chi connectivity index (χ2n) is 9.17. The van der Waals surface area contributed by atoms with E-state index in [1.807, 2.05) is 0 Å². The van der Waals surface area contributed by atoms with Gasteiger partial charge < -0.3 is 24.8 Å². The van der Waals surface area contributed by atoms with Crippen LogP contribution < -0.4 is 15.4 Å². The summed E-state index contributed by atoms with van der Waals surface area (Å²) in [7, 11) is 0. The third kappa shape index (κ3) is 11.0. The first-order valence-corrected chi connectivity index (χ1v) is 14.2. The van der Waals surface area contributed by atoms with Gasteiger partial charge in [-0.2, -0.15) is 0 Å². The van der Waals surface area contributed by atoms with Gasteiger partial charge in [-0.15, -0.1) is 0 Å². The molecule has 0 spiro atoms. The molecular formula is C34H26Cl2N2O7. The summed E-state index contributed by atoms with van der Waals surface area (Å²) in [6.45, 7) is -0.925. The van der Waals surface area contributed by atoms with Crippen LogP contribution in [0.25, 0.3) is 12.2 Å². The smallest absolute Gasteiger partial charge is 0.331 e. The van der Waals surface area contributed by atoms with Gasteiger partial charge in [-0.1, -0.05) is 59.6 Å². The Morgan fingerprint density at radius 3 is 1.31 bits per heavy atom. The van der Waals surface area contributed by atoms with Gasteiger partial charge in [-0.3, -0.25) is 9.59 Å². The van der Waals surface area contributed by atoms with Gasteiger partial charge >= 0.3 is 11.9 Å². The van der Waals surface area contributed by atoms with E-state index in [4.69, 9.17) is 37.4 Å². The predicted molar refractivity (Wildman–Crippen MR) is 173 cm³/mol. The van der Waals surface area contributed by atoms with Gasteiger partial charge in [0.2, 0.25) is 0 Å². The first-order chi connectivity index (χ1) is 21.7. The van der Waals surface area contributed by atoms with E-state index in [-0.39, 0.29) is 0 Å². The molecule has 0 aromatic heterocycles. The van der Waals surface area contributed by atoms with Crippen LogP contribution in [0.2, 0.25) is 10.0 Å². The van der Waals surface area contributed by atoms with Gasteiger partial charge in [0.25, 0.3) is 11.8 Å². The number of hydrogen-bond donors (Lipinski definition) is 2. The Hall–Kier alpha value is -5.38. The lowest BCUT2D eigenvalue weighted by Gasteiger charge is -2.09. The zero-order chi connectivity index (χ0) is 32.0. The molecule has 0 atom stereocenters. The molecule has 2 amide bonds. The molecule has 0 bridgehead atoms. The highest BCUT2D eigenvalue weighted by Crippen LogP contribution is 2.24. The lowest BCUT2D eigenvalue weighted by atomic mass is 10.2. The molecule has 0 saturated carbocycles. The van der Waals surface area contributed by atoms with E-state index in [0.717, 1.165) is 0 Å². The fourth-order valence-corrected chi connectivity index (χ4v) is 4.05. The summed E-state index contributed by atoms with van der Waals surface area (Å²) in [5, 5.41) is 6.25. The minimum absolute atomic E-state index is 0.462. The molecule has 0 aliphatic rings. The maximum absolute atomic E-state index is 12.2. The standard InChI is InChI=1S/C34H26Cl2N2O7/c35-29-7-3-1-5-23(29)9-19-33(41)43-21-31(39)37-25-11-15-27(16-12-25)45-28-17-13-26(14-18-28)38-32(40)22-44-34(42)20-10-24-6-2-4-8-30(24)36/h1-20H,21-22H2,(H,37,39)(H,38,40). The highest BCUT2D eigenvalue weighted by molar-refractivity contribution is 6.32. The Balaban J connectivity index is 1.17. The number of halogens is 2. The van der Waals surface area contributed by atoms with Crippen molar-refractivity contribution in [2.75, 3.05) is 23.8 Å². The Morgan fingerprint density at radius 2 is 0.933 bits per heavy atom. The van der Waals surface area contributed by atoms with E-state index < -0.39 is 37.0 Å². The van der Waals surface area contributed by atoms with Crippen LogP contribution in [0, 0.1) is 0 Å². The van der Waals surface area contributed by atoms with Crippen LogP contribution in [-0.4, -0.2) is 37.0 Å². The number of hydrogen-bond acceptors (Lipinski definition) is 7. The Morgan fingerprint density at radius 1 is 0.556 bits per heavy atom. The van der Waals surface area contributed by atoms with Crippen molar-refractivity contribution in [3.05, 3.63) is 130 Å².